The van der Waals surface area contributed by atoms with Crippen LogP contribution in [0, 0.1) is 0 Å². The van der Waals surface area contributed by atoms with E-state index in [1.54, 1.807) is 43.4 Å². The Labute approximate surface area is 153 Å². The zero-order chi connectivity index (χ0) is 19.1. The van der Waals surface area contributed by atoms with Crippen LogP contribution in [0.3, 0.4) is 0 Å². The Balaban J connectivity index is 1.88. The van der Waals surface area contributed by atoms with E-state index >= 15 is 0 Å². The van der Waals surface area contributed by atoms with Crippen molar-refractivity contribution in [3.8, 4) is 11.5 Å². The molecule has 7 heteroatoms. The molecule has 1 aromatic rings. The summed E-state index contributed by atoms with van der Waals surface area (Å²) in [6.45, 7) is 4.53. The molecule has 26 heavy (non-hydrogen) atoms. The molecule has 1 aromatic carbocycles. The van der Waals surface area contributed by atoms with Crippen LogP contribution in [0.2, 0.25) is 0 Å². The molecule has 0 N–H and O–H groups in total. The van der Waals surface area contributed by atoms with E-state index in [9.17, 15) is 9.59 Å². The normalized spacial score (nSPS) is 20.1. The van der Waals surface area contributed by atoms with Gasteiger partial charge in [0.25, 0.3) is 5.91 Å². The summed E-state index contributed by atoms with van der Waals surface area (Å²) in [5, 5.41) is 0. The topological polar surface area (TPSA) is 74.3 Å². The number of nitrogens with zero attached hydrogens (tertiary/aromatic N) is 1. The number of benzene rings is 1. The highest BCUT2D eigenvalue weighted by Crippen LogP contribution is 2.23. The van der Waals surface area contributed by atoms with Crippen molar-refractivity contribution in [3.05, 3.63) is 29.8 Å². The van der Waals surface area contributed by atoms with Gasteiger partial charge in [-0.2, -0.15) is 0 Å². The number of amides is 1. The zero-order valence-corrected chi connectivity index (χ0v) is 15.6. The molecule has 1 aliphatic heterocycles. The zero-order valence-electron chi connectivity index (χ0n) is 15.6. The third-order valence-corrected chi connectivity index (χ3v) is 3.90. The number of morpholine rings is 1. The quantitative estimate of drug-likeness (QED) is 0.568. The lowest BCUT2D eigenvalue weighted by molar-refractivity contribution is -0.154. The molecule has 1 amide bonds. The van der Waals surface area contributed by atoms with Crippen LogP contribution in [0.15, 0.2) is 24.3 Å². The van der Waals surface area contributed by atoms with E-state index in [1.165, 1.54) is 6.08 Å². The highest BCUT2D eigenvalue weighted by Gasteiger charge is 2.26. The molecule has 2 rings (SSSR count). The molecule has 1 heterocycles. The highest BCUT2D eigenvalue weighted by atomic mass is 16.5. The molecule has 2 atom stereocenters. The second-order valence-electron chi connectivity index (χ2n) is 6.14. The van der Waals surface area contributed by atoms with Crippen LogP contribution in [-0.2, 0) is 19.1 Å². The summed E-state index contributed by atoms with van der Waals surface area (Å²) in [6, 6.07) is 5.25. The van der Waals surface area contributed by atoms with Gasteiger partial charge >= 0.3 is 5.97 Å². The number of hydrogen-bond acceptors (Lipinski definition) is 6. The predicted octanol–water partition coefficient (Wildman–Crippen LogP) is 1.90. The van der Waals surface area contributed by atoms with Gasteiger partial charge in [-0.3, -0.25) is 4.79 Å². The largest absolute Gasteiger partial charge is 0.497 e. The third kappa shape index (κ3) is 5.77. The van der Waals surface area contributed by atoms with Gasteiger partial charge in [0.05, 0.1) is 26.4 Å². The maximum absolute atomic E-state index is 12.2. The fourth-order valence-electron chi connectivity index (χ4n) is 2.74. The van der Waals surface area contributed by atoms with E-state index in [0.717, 1.165) is 5.56 Å². The minimum absolute atomic E-state index is 0.0265. The Morgan fingerprint density at radius 1 is 1.12 bits per heavy atom. The van der Waals surface area contributed by atoms with Gasteiger partial charge in [0.2, 0.25) is 0 Å². The molecule has 0 unspecified atom stereocenters. The van der Waals surface area contributed by atoms with Crippen molar-refractivity contribution >= 4 is 18.0 Å². The second kappa shape index (κ2) is 9.24. The molecule has 1 fully saturated rings. The molecule has 0 radical (unpaired) electrons. The number of ether oxygens (including phenoxy) is 4. The molecule has 1 aliphatic rings. The lowest BCUT2D eigenvalue weighted by Gasteiger charge is -2.35. The van der Waals surface area contributed by atoms with Gasteiger partial charge in [-0.05, 0) is 37.6 Å². The van der Waals surface area contributed by atoms with E-state index in [0.29, 0.717) is 24.6 Å². The van der Waals surface area contributed by atoms with E-state index in [1.807, 2.05) is 13.8 Å². The van der Waals surface area contributed by atoms with Gasteiger partial charge in [0, 0.05) is 25.2 Å². The number of hydrogen-bond donors (Lipinski definition) is 0. The van der Waals surface area contributed by atoms with E-state index in [-0.39, 0.29) is 24.7 Å². The summed E-state index contributed by atoms with van der Waals surface area (Å²) in [6.07, 6.45) is 2.80. The predicted molar refractivity (Wildman–Crippen MR) is 96.1 cm³/mol. The van der Waals surface area contributed by atoms with Crippen LogP contribution in [0.1, 0.15) is 19.4 Å². The van der Waals surface area contributed by atoms with E-state index < -0.39 is 5.97 Å². The minimum Gasteiger partial charge on any atom is -0.497 e. The van der Waals surface area contributed by atoms with Crippen LogP contribution in [0.5, 0.6) is 11.5 Å². The molecule has 7 nitrogen and oxygen atoms in total. The first-order valence-electron chi connectivity index (χ1n) is 8.42. The smallest absolute Gasteiger partial charge is 0.331 e. The van der Waals surface area contributed by atoms with Crippen LogP contribution >= 0.6 is 0 Å². The highest BCUT2D eigenvalue weighted by molar-refractivity contribution is 5.89. The standard InChI is InChI=1S/C19H25NO6/c1-13-10-20(11-14(2)26-13)18(21)12-25-19(22)6-5-15-7-16(23-3)9-17(8-15)24-4/h5-9,13-14H,10-12H2,1-4H3/b6-5+/t13-,14-/m0/s1. The first-order chi connectivity index (χ1) is 12.4. The average Bonchev–Trinajstić information content (AvgIpc) is 2.63. The van der Waals surface area contributed by atoms with Crippen LogP contribution in [0.4, 0.5) is 0 Å². The van der Waals surface area contributed by atoms with Crippen LogP contribution in [0.25, 0.3) is 6.08 Å². The van der Waals surface area contributed by atoms with Crippen molar-refractivity contribution in [1.29, 1.82) is 0 Å². The molecule has 0 saturated carbocycles. The van der Waals surface area contributed by atoms with Gasteiger partial charge in [-0.25, -0.2) is 4.79 Å². The summed E-state index contributed by atoms with van der Waals surface area (Å²) >= 11 is 0. The lowest BCUT2D eigenvalue weighted by Crippen LogP contribution is -2.49. The van der Waals surface area contributed by atoms with Crippen molar-refractivity contribution < 1.29 is 28.5 Å². The summed E-state index contributed by atoms with van der Waals surface area (Å²) in [5.41, 5.74) is 0.723. The molecule has 0 aliphatic carbocycles. The molecular weight excluding hydrogens is 338 g/mol. The number of esters is 1. The first-order valence-corrected chi connectivity index (χ1v) is 8.42. The Morgan fingerprint density at radius 2 is 1.69 bits per heavy atom. The Morgan fingerprint density at radius 3 is 2.23 bits per heavy atom. The molecular formula is C19H25NO6. The maximum Gasteiger partial charge on any atom is 0.331 e. The van der Waals surface area contributed by atoms with Gasteiger partial charge in [-0.1, -0.05) is 0 Å². The van der Waals surface area contributed by atoms with E-state index in [4.69, 9.17) is 18.9 Å². The Hall–Kier alpha value is -2.54. The van der Waals surface area contributed by atoms with Gasteiger partial charge < -0.3 is 23.8 Å². The van der Waals surface area contributed by atoms with Gasteiger partial charge in [0.15, 0.2) is 6.61 Å². The minimum atomic E-state index is -0.588. The fraction of sp³-hybridized carbons (Fsp3) is 0.474. The van der Waals surface area contributed by atoms with Crippen molar-refractivity contribution in [2.75, 3.05) is 33.9 Å². The van der Waals surface area contributed by atoms with E-state index in [2.05, 4.69) is 0 Å². The molecule has 1 saturated heterocycles. The summed E-state index contributed by atoms with van der Waals surface area (Å²) in [4.78, 5) is 25.7. The average molecular weight is 363 g/mol. The van der Waals surface area contributed by atoms with Gasteiger partial charge in [0.1, 0.15) is 11.5 Å². The number of methoxy groups -OCH3 is 2. The Bertz CT molecular complexity index is 640. The van der Waals surface area contributed by atoms with Crippen LogP contribution < -0.4 is 9.47 Å². The SMILES string of the molecule is COc1cc(/C=C/C(=O)OCC(=O)N2C[C@H](C)O[C@@H](C)C2)cc(OC)c1. The first kappa shape index (κ1) is 19.8. The third-order valence-electron chi connectivity index (χ3n) is 3.90. The fourth-order valence-corrected chi connectivity index (χ4v) is 2.74. The molecule has 0 aromatic heterocycles. The molecule has 0 bridgehead atoms. The van der Waals surface area contributed by atoms with Crippen molar-refractivity contribution in [1.82, 2.24) is 4.90 Å². The number of carbonyl (C=O) groups is 2. The van der Waals surface area contributed by atoms with Crippen LogP contribution in [-0.4, -0.2) is 62.9 Å². The Kier molecular flexibility index (Phi) is 7.03. The van der Waals surface area contributed by atoms with Crippen molar-refractivity contribution in [2.45, 2.75) is 26.1 Å². The second-order valence-corrected chi connectivity index (χ2v) is 6.14. The lowest BCUT2D eigenvalue weighted by atomic mass is 10.2. The number of carbonyl (C=O) groups excluding carboxylic acids is 2. The molecule has 0 spiro atoms. The van der Waals surface area contributed by atoms with Gasteiger partial charge in [-0.15, -0.1) is 0 Å². The monoisotopic (exact) mass is 363 g/mol. The number of rotatable bonds is 6. The van der Waals surface area contributed by atoms with Crippen molar-refractivity contribution in [3.63, 3.8) is 0 Å². The maximum atomic E-state index is 12.2. The summed E-state index contributed by atoms with van der Waals surface area (Å²) in [7, 11) is 3.10. The molecule has 142 valence electrons. The summed E-state index contributed by atoms with van der Waals surface area (Å²) in [5.74, 6) is 0.414. The van der Waals surface area contributed by atoms with Crippen molar-refractivity contribution in [2.24, 2.45) is 0 Å². The summed E-state index contributed by atoms with van der Waals surface area (Å²) < 4.78 is 21.0.